The lowest BCUT2D eigenvalue weighted by Gasteiger charge is -2.08. The molecule has 0 spiro atoms. The van der Waals surface area contributed by atoms with Crippen LogP contribution in [0.25, 0.3) is 0 Å². The maximum absolute atomic E-state index is 11.4. The third-order valence-corrected chi connectivity index (χ3v) is 1.78. The molecule has 6 heteroatoms. The molecule has 1 aromatic heterocycles. The summed E-state index contributed by atoms with van der Waals surface area (Å²) in [6, 6.07) is 1.92. The van der Waals surface area contributed by atoms with Crippen LogP contribution in [0.3, 0.4) is 0 Å². The number of carbonyl (C=O) groups excluding carboxylic acids is 1. The van der Waals surface area contributed by atoms with Gasteiger partial charge in [-0.3, -0.25) is 4.79 Å². The van der Waals surface area contributed by atoms with Crippen molar-refractivity contribution in [3.63, 3.8) is 0 Å². The molecule has 0 atom stereocenters. The van der Waals surface area contributed by atoms with Crippen molar-refractivity contribution in [1.29, 1.82) is 0 Å². The van der Waals surface area contributed by atoms with E-state index in [1.807, 2.05) is 0 Å². The Balaban J connectivity index is 3.04. The summed E-state index contributed by atoms with van der Waals surface area (Å²) in [7, 11) is 0. The lowest BCUT2D eigenvalue weighted by molar-refractivity contribution is 0.238. The van der Waals surface area contributed by atoms with Crippen molar-refractivity contribution in [3.05, 3.63) is 28.0 Å². The Labute approximate surface area is 86.3 Å². The van der Waals surface area contributed by atoms with Gasteiger partial charge in [0, 0.05) is 25.2 Å². The Morgan fingerprint density at radius 2 is 2.27 bits per heavy atom. The first-order valence-electron chi connectivity index (χ1n) is 4.47. The van der Waals surface area contributed by atoms with E-state index in [2.05, 4.69) is 5.32 Å². The Bertz CT molecular complexity index is 425. The van der Waals surface area contributed by atoms with Crippen LogP contribution in [0.4, 0.5) is 4.79 Å². The van der Waals surface area contributed by atoms with Gasteiger partial charge < -0.3 is 16.2 Å². The van der Waals surface area contributed by atoms with E-state index >= 15 is 0 Å². The fourth-order valence-electron chi connectivity index (χ4n) is 1.14. The molecule has 1 amide bonds. The Hall–Kier alpha value is -1.82. The molecule has 0 saturated carbocycles. The van der Waals surface area contributed by atoms with E-state index < -0.39 is 11.6 Å². The van der Waals surface area contributed by atoms with Crippen LogP contribution in [0.5, 0.6) is 5.88 Å². The molecule has 0 unspecified atom stereocenters. The fourth-order valence-corrected chi connectivity index (χ4v) is 1.14. The first-order chi connectivity index (χ1) is 7.06. The van der Waals surface area contributed by atoms with E-state index in [4.69, 9.17) is 5.73 Å². The first-order valence-corrected chi connectivity index (χ1v) is 4.47. The van der Waals surface area contributed by atoms with Gasteiger partial charge in [0.05, 0.1) is 0 Å². The van der Waals surface area contributed by atoms with Crippen molar-refractivity contribution in [1.82, 2.24) is 9.88 Å². The van der Waals surface area contributed by atoms with Crippen molar-refractivity contribution in [2.24, 2.45) is 5.73 Å². The van der Waals surface area contributed by atoms with Gasteiger partial charge in [0.2, 0.25) is 5.88 Å². The zero-order chi connectivity index (χ0) is 11.4. The zero-order valence-corrected chi connectivity index (χ0v) is 8.36. The minimum atomic E-state index is -0.678. The number of carbonyl (C=O) groups is 1. The van der Waals surface area contributed by atoms with Crippen molar-refractivity contribution in [2.75, 3.05) is 13.1 Å². The highest BCUT2D eigenvalue weighted by molar-refractivity contribution is 5.78. The maximum Gasteiger partial charge on any atom is 0.331 e. The molecule has 0 aromatic carbocycles. The van der Waals surface area contributed by atoms with E-state index in [0.717, 1.165) is 0 Å². The molecule has 0 aliphatic rings. The average molecular weight is 211 g/mol. The molecule has 0 aliphatic carbocycles. The molecule has 1 rings (SSSR count). The SMILES string of the molecule is Cc1cc(O)n(C(=O)NCCN)c(=O)c1. The molecular formula is C9H13N3O3. The second-order valence-corrected chi connectivity index (χ2v) is 3.09. The average Bonchev–Trinajstić information content (AvgIpc) is 2.12. The summed E-state index contributed by atoms with van der Waals surface area (Å²) in [5, 5.41) is 11.8. The number of aromatic hydroxyl groups is 1. The summed E-state index contributed by atoms with van der Waals surface area (Å²) in [6.45, 7) is 2.18. The molecule has 15 heavy (non-hydrogen) atoms. The predicted octanol–water partition coefficient (Wildman–Crippen LogP) is -0.621. The Morgan fingerprint density at radius 3 is 2.80 bits per heavy atom. The third kappa shape index (κ3) is 2.57. The van der Waals surface area contributed by atoms with E-state index in [0.29, 0.717) is 10.1 Å². The van der Waals surface area contributed by atoms with Crippen molar-refractivity contribution in [3.8, 4) is 5.88 Å². The number of nitrogens with one attached hydrogen (secondary N) is 1. The number of aryl methyl sites for hydroxylation is 1. The van der Waals surface area contributed by atoms with Crippen molar-refractivity contribution >= 4 is 6.03 Å². The molecule has 4 N–H and O–H groups in total. The summed E-state index contributed by atoms with van der Waals surface area (Å²) in [4.78, 5) is 22.8. The fraction of sp³-hybridized carbons (Fsp3) is 0.333. The van der Waals surface area contributed by atoms with E-state index in [1.54, 1.807) is 6.92 Å². The van der Waals surface area contributed by atoms with Gasteiger partial charge in [-0.1, -0.05) is 0 Å². The number of aromatic nitrogens is 1. The van der Waals surface area contributed by atoms with Crippen molar-refractivity contribution < 1.29 is 9.90 Å². The van der Waals surface area contributed by atoms with Gasteiger partial charge >= 0.3 is 6.03 Å². The second kappa shape index (κ2) is 4.61. The monoisotopic (exact) mass is 211 g/mol. The zero-order valence-electron chi connectivity index (χ0n) is 8.36. The quantitative estimate of drug-likeness (QED) is 0.607. The summed E-state index contributed by atoms with van der Waals surface area (Å²) in [6.07, 6.45) is 0. The number of hydrogen-bond acceptors (Lipinski definition) is 4. The molecule has 1 heterocycles. The van der Waals surface area contributed by atoms with Crippen molar-refractivity contribution in [2.45, 2.75) is 6.92 Å². The molecule has 6 nitrogen and oxygen atoms in total. The molecule has 82 valence electrons. The molecule has 0 radical (unpaired) electrons. The molecular weight excluding hydrogens is 198 g/mol. The van der Waals surface area contributed by atoms with Crippen LogP contribution in [-0.2, 0) is 0 Å². The lowest BCUT2D eigenvalue weighted by atomic mass is 10.3. The lowest BCUT2D eigenvalue weighted by Crippen LogP contribution is -2.38. The van der Waals surface area contributed by atoms with Gasteiger partial charge in [-0.25, -0.2) is 4.79 Å². The first kappa shape index (κ1) is 11.3. The summed E-state index contributed by atoms with van der Waals surface area (Å²) in [5.74, 6) is -0.380. The number of rotatable bonds is 2. The minimum absolute atomic E-state index is 0.249. The minimum Gasteiger partial charge on any atom is -0.494 e. The summed E-state index contributed by atoms with van der Waals surface area (Å²) < 4.78 is 0.655. The van der Waals surface area contributed by atoms with Gasteiger partial charge in [0.15, 0.2) is 0 Å². The highest BCUT2D eigenvalue weighted by atomic mass is 16.3. The van der Waals surface area contributed by atoms with E-state index in [-0.39, 0.29) is 19.0 Å². The Kier molecular flexibility index (Phi) is 3.46. The van der Waals surface area contributed by atoms with Crippen LogP contribution in [0.2, 0.25) is 0 Å². The van der Waals surface area contributed by atoms with Gasteiger partial charge in [0.1, 0.15) is 0 Å². The molecule has 0 aliphatic heterocycles. The summed E-state index contributed by atoms with van der Waals surface area (Å²) >= 11 is 0. The molecule has 0 fully saturated rings. The van der Waals surface area contributed by atoms with Crippen LogP contribution >= 0.6 is 0 Å². The number of pyridine rings is 1. The molecule has 1 aromatic rings. The van der Waals surface area contributed by atoms with Gasteiger partial charge in [-0.05, 0) is 12.5 Å². The standard InChI is InChI=1S/C9H13N3O3/c1-6-4-7(13)12(8(14)5-6)9(15)11-3-2-10/h4-5,13H,2-3,10H2,1H3,(H,11,15). The number of nitrogens with zero attached hydrogens (tertiary/aromatic N) is 1. The number of amides is 1. The summed E-state index contributed by atoms with van der Waals surface area (Å²) in [5.41, 5.74) is 5.22. The van der Waals surface area contributed by atoms with E-state index in [1.165, 1.54) is 12.1 Å². The van der Waals surface area contributed by atoms with Crippen LogP contribution < -0.4 is 16.6 Å². The smallest absolute Gasteiger partial charge is 0.331 e. The normalized spacial score (nSPS) is 10.0. The number of hydrogen-bond donors (Lipinski definition) is 3. The predicted molar refractivity (Wildman–Crippen MR) is 55.0 cm³/mol. The van der Waals surface area contributed by atoms with Gasteiger partial charge in [-0.2, -0.15) is 4.57 Å². The van der Waals surface area contributed by atoms with Gasteiger partial charge in [-0.15, -0.1) is 0 Å². The van der Waals surface area contributed by atoms with Crippen LogP contribution in [0.1, 0.15) is 5.56 Å². The van der Waals surface area contributed by atoms with E-state index in [9.17, 15) is 14.7 Å². The second-order valence-electron chi connectivity index (χ2n) is 3.09. The third-order valence-electron chi connectivity index (χ3n) is 1.78. The molecule has 0 saturated heterocycles. The topological polar surface area (TPSA) is 97.3 Å². The highest BCUT2D eigenvalue weighted by Gasteiger charge is 2.10. The number of nitrogens with two attached hydrogens (primary N) is 1. The molecule has 0 bridgehead atoms. The van der Waals surface area contributed by atoms with Crippen LogP contribution in [0, 0.1) is 6.92 Å². The largest absolute Gasteiger partial charge is 0.494 e. The van der Waals surface area contributed by atoms with Crippen LogP contribution in [-0.4, -0.2) is 28.8 Å². The Morgan fingerprint density at radius 1 is 1.60 bits per heavy atom. The van der Waals surface area contributed by atoms with Gasteiger partial charge in [0.25, 0.3) is 5.56 Å². The highest BCUT2D eigenvalue weighted by Crippen LogP contribution is 2.06. The maximum atomic E-state index is 11.4. The van der Waals surface area contributed by atoms with Crippen LogP contribution in [0.15, 0.2) is 16.9 Å².